The van der Waals surface area contributed by atoms with Crippen LogP contribution in [0, 0.1) is 41.4 Å². The van der Waals surface area contributed by atoms with Crippen molar-refractivity contribution in [1.82, 2.24) is 0 Å². The standard InChI is InChI=1S/C23H40F2O.2H2O/c1-7-8-9-10-20-11-17(4)22(18(5)12-20)23(24,25)26-21-13-15(2)19(6)16(3)14-21;;/h7-8,15-22H,9-14H2,1-6H3;2*1H2/b8-7+;;. The lowest BCUT2D eigenvalue weighted by Crippen LogP contribution is -2.47. The maximum atomic E-state index is 15.1. The van der Waals surface area contributed by atoms with Crippen molar-refractivity contribution in [1.29, 1.82) is 0 Å². The van der Waals surface area contributed by atoms with Gasteiger partial charge in [-0.1, -0.05) is 46.8 Å². The lowest BCUT2D eigenvalue weighted by Gasteiger charge is -2.45. The first-order valence-electron chi connectivity index (χ1n) is 10.8. The van der Waals surface area contributed by atoms with Crippen LogP contribution in [0.4, 0.5) is 8.78 Å². The first-order chi connectivity index (χ1) is 12.2. The van der Waals surface area contributed by atoms with Crippen LogP contribution in [-0.4, -0.2) is 23.2 Å². The minimum atomic E-state index is -3.00. The van der Waals surface area contributed by atoms with E-state index in [-0.39, 0.29) is 28.9 Å². The Labute approximate surface area is 170 Å². The summed E-state index contributed by atoms with van der Waals surface area (Å²) in [6.07, 6.45) is 6.49. The van der Waals surface area contributed by atoms with Crippen LogP contribution in [0.3, 0.4) is 0 Å². The van der Waals surface area contributed by atoms with Gasteiger partial charge in [-0.25, -0.2) is 0 Å². The molecular weight excluding hydrogens is 362 g/mol. The minimum absolute atomic E-state index is 0. The van der Waals surface area contributed by atoms with E-state index in [1.165, 1.54) is 0 Å². The van der Waals surface area contributed by atoms with E-state index in [1.54, 1.807) is 0 Å². The molecule has 0 aromatic carbocycles. The highest BCUT2D eigenvalue weighted by Gasteiger charge is 2.51. The van der Waals surface area contributed by atoms with Crippen molar-refractivity contribution in [2.24, 2.45) is 41.4 Å². The summed E-state index contributed by atoms with van der Waals surface area (Å²) < 4.78 is 35.8. The molecule has 5 heteroatoms. The van der Waals surface area contributed by atoms with Gasteiger partial charge in [0.2, 0.25) is 0 Å². The number of allylic oxidation sites excluding steroid dienone is 2. The summed E-state index contributed by atoms with van der Waals surface area (Å²) in [5.74, 6) is 1.45. The highest BCUT2D eigenvalue weighted by atomic mass is 19.3. The fourth-order valence-corrected chi connectivity index (χ4v) is 5.71. The van der Waals surface area contributed by atoms with Crippen molar-refractivity contribution in [3.05, 3.63) is 12.2 Å². The molecule has 0 spiro atoms. The number of rotatable bonds is 6. The summed E-state index contributed by atoms with van der Waals surface area (Å²) in [7, 11) is 0. The van der Waals surface area contributed by atoms with Gasteiger partial charge in [0.25, 0.3) is 0 Å². The Balaban J connectivity index is 0.00000364. The molecule has 2 aliphatic carbocycles. The van der Waals surface area contributed by atoms with Gasteiger partial charge >= 0.3 is 6.11 Å². The Bertz CT molecular complexity index is 445. The summed E-state index contributed by atoms with van der Waals surface area (Å²) in [6, 6.07) is 0. The predicted octanol–water partition coefficient (Wildman–Crippen LogP) is 5.67. The predicted molar refractivity (Wildman–Crippen MR) is 112 cm³/mol. The van der Waals surface area contributed by atoms with E-state index in [0.29, 0.717) is 23.7 Å². The maximum Gasteiger partial charge on any atom is 0.359 e. The van der Waals surface area contributed by atoms with Crippen LogP contribution >= 0.6 is 0 Å². The fourth-order valence-electron chi connectivity index (χ4n) is 5.71. The molecule has 0 radical (unpaired) electrons. The number of alkyl halides is 2. The van der Waals surface area contributed by atoms with Gasteiger partial charge in [0.1, 0.15) is 0 Å². The first kappa shape index (κ1) is 27.5. The minimum Gasteiger partial charge on any atom is -0.412 e. The Morgan fingerprint density at radius 2 is 1.36 bits per heavy atom. The molecule has 2 fully saturated rings. The molecule has 4 unspecified atom stereocenters. The van der Waals surface area contributed by atoms with E-state index in [0.717, 1.165) is 38.5 Å². The summed E-state index contributed by atoms with van der Waals surface area (Å²) >= 11 is 0. The van der Waals surface area contributed by atoms with Crippen LogP contribution in [0.1, 0.15) is 80.1 Å². The molecule has 3 nitrogen and oxygen atoms in total. The smallest absolute Gasteiger partial charge is 0.359 e. The molecule has 0 aromatic rings. The Hall–Kier alpha value is -0.520. The van der Waals surface area contributed by atoms with Gasteiger partial charge in [-0.05, 0) is 81.0 Å². The number of halogens is 2. The fraction of sp³-hybridized carbons (Fsp3) is 0.913. The van der Waals surface area contributed by atoms with E-state index < -0.39 is 12.0 Å². The normalized spacial score (nSPS) is 39.3. The number of hydrogen-bond donors (Lipinski definition) is 0. The highest BCUT2D eigenvalue weighted by Crippen LogP contribution is 2.49. The van der Waals surface area contributed by atoms with E-state index in [9.17, 15) is 0 Å². The average molecular weight is 407 g/mol. The lowest BCUT2D eigenvalue weighted by atomic mass is 9.67. The van der Waals surface area contributed by atoms with Gasteiger partial charge in [-0.3, -0.25) is 0 Å². The van der Waals surface area contributed by atoms with Crippen LogP contribution in [-0.2, 0) is 4.74 Å². The van der Waals surface area contributed by atoms with Gasteiger partial charge in [0, 0.05) is 0 Å². The van der Waals surface area contributed by atoms with Gasteiger partial charge < -0.3 is 15.7 Å². The van der Waals surface area contributed by atoms with Crippen LogP contribution in [0.2, 0.25) is 0 Å². The lowest BCUT2D eigenvalue weighted by molar-refractivity contribution is -0.320. The van der Waals surface area contributed by atoms with Crippen molar-refractivity contribution in [3.63, 3.8) is 0 Å². The molecule has 0 amide bonds. The molecule has 2 saturated carbocycles. The number of ether oxygens (including phenoxy) is 1. The van der Waals surface area contributed by atoms with Crippen LogP contribution in [0.15, 0.2) is 12.2 Å². The molecule has 0 heterocycles. The van der Waals surface area contributed by atoms with E-state index >= 15 is 8.78 Å². The van der Waals surface area contributed by atoms with Crippen LogP contribution in [0.25, 0.3) is 0 Å². The molecule has 168 valence electrons. The summed E-state index contributed by atoms with van der Waals surface area (Å²) in [5, 5.41) is 0. The van der Waals surface area contributed by atoms with Crippen molar-refractivity contribution in [2.75, 3.05) is 0 Å². The Morgan fingerprint density at radius 1 is 0.857 bits per heavy atom. The molecule has 0 aromatic heterocycles. The molecule has 4 atom stereocenters. The number of hydrogen-bond acceptors (Lipinski definition) is 1. The van der Waals surface area contributed by atoms with E-state index in [2.05, 4.69) is 32.9 Å². The van der Waals surface area contributed by atoms with Gasteiger partial charge in [-0.2, -0.15) is 8.78 Å². The molecule has 0 saturated heterocycles. The van der Waals surface area contributed by atoms with E-state index in [1.807, 2.05) is 20.8 Å². The molecular formula is C23H44F2O3. The summed E-state index contributed by atoms with van der Waals surface area (Å²) in [6.45, 7) is 12.6. The molecule has 0 aliphatic heterocycles. The van der Waals surface area contributed by atoms with Gasteiger partial charge in [-0.15, -0.1) is 0 Å². The largest absolute Gasteiger partial charge is 0.412 e. The van der Waals surface area contributed by atoms with Gasteiger partial charge in [0.15, 0.2) is 0 Å². The molecule has 0 bridgehead atoms. The van der Waals surface area contributed by atoms with Gasteiger partial charge in [0.05, 0.1) is 12.0 Å². The third kappa shape index (κ3) is 6.77. The maximum absolute atomic E-state index is 15.1. The van der Waals surface area contributed by atoms with Crippen molar-refractivity contribution in [3.8, 4) is 0 Å². The topological polar surface area (TPSA) is 72.2 Å². The Kier molecular flexibility index (Phi) is 11.4. The average Bonchev–Trinajstić information content (AvgIpc) is 2.51. The molecule has 2 aliphatic rings. The van der Waals surface area contributed by atoms with E-state index in [4.69, 9.17) is 4.74 Å². The van der Waals surface area contributed by atoms with Crippen molar-refractivity contribution < 1.29 is 24.5 Å². The van der Waals surface area contributed by atoms with Crippen molar-refractivity contribution >= 4 is 0 Å². The van der Waals surface area contributed by atoms with Crippen LogP contribution in [0.5, 0.6) is 0 Å². The highest BCUT2D eigenvalue weighted by molar-refractivity contribution is 4.90. The second kappa shape index (κ2) is 11.6. The zero-order valence-corrected chi connectivity index (χ0v) is 18.7. The second-order valence-electron chi connectivity index (χ2n) is 9.55. The molecule has 2 rings (SSSR count). The molecule has 4 N–H and O–H groups in total. The van der Waals surface area contributed by atoms with Crippen molar-refractivity contribution in [2.45, 2.75) is 92.3 Å². The SMILES string of the molecule is C/C=C/CCC1CC(C)C(C(F)(F)OC2CC(C)C(C)C(C)C2)C(C)C1.O.O. The summed E-state index contributed by atoms with van der Waals surface area (Å²) in [5.41, 5.74) is 0. The zero-order chi connectivity index (χ0) is 19.5. The third-order valence-corrected chi connectivity index (χ3v) is 7.39. The van der Waals surface area contributed by atoms with Crippen LogP contribution < -0.4 is 0 Å². The second-order valence-corrected chi connectivity index (χ2v) is 9.55. The molecule has 28 heavy (non-hydrogen) atoms. The first-order valence-corrected chi connectivity index (χ1v) is 10.8. The summed E-state index contributed by atoms with van der Waals surface area (Å²) in [4.78, 5) is 0. The monoisotopic (exact) mass is 406 g/mol. The zero-order valence-electron chi connectivity index (χ0n) is 18.7. The third-order valence-electron chi connectivity index (χ3n) is 7.39. The quantitative estimate of drug-likeness (QED) is 0.524. The Morgan fingerprint density at radius 3 is 1.82 bits per heavy atom.